The van der Waals surface area contributed by atoms with E-state index in [0.717, 1.165) is 23.5 Å². The Morgan fingerprint density at radius 1 is 1.00 bits per heavy atom. The largest absolute Gasteiger partial charge is 0.497 e. The van der Waals surface area contributed by atoms with Crippen LogP contribution in [0.1, 0.15) is 44.1 Å². The number of nitrogens with zero attached hydrogens (tertiary/aromatic N) is 1. The lowest BCUT2D eigenvalue weighted by atomic mass is 9.53. The van der Waals surface area contributed by atoms with Crippen molar-refractivity contribution in [2.75, 3.05) is 7.11 Å². The van der Waals surface area contributed by atoms with E-state index in [0.29, 0.717) is 0 Å². The lowest BCUT2D eigenvalue weighted by Crippen LogP contribution is -2.49. The smallest absolute Gasteiger partial charge is 0.118 e. The average molecular weight is 269 g/mol. The van der Waals surface area contributed by atoms with Crippen LogP contribution in [0.5, 0.6) is 5.75 Å². The zero-order chi connectivity index (χ0) is 13.6. The molecule has 4 saturated carbocycles. The monoisotopic (exact) mass is 269 g/mol. The predicted octanol–water partition coefficient (Wildman–Crippen LogP) is 4.08. The highest BCUT2D eigenvalue weighted by atomic mass is 16.5. The van der Waals surface area contributed by atoms with Crippen molar-refractivity contribution in [2.45, 2.75) is 44.1 Å². The summed E-state index contributed by atoms with van der Waals surface area (Å²) in [6.45, 7) is 0. The molecule has 0 atom stereocenters. The first-order chi connectivity index (χ1) is 9.75. The fourth-order valence-corrected chi connectivity index (χ4v) is 5.12. The number of hydrogen-bond donors (Lipinski definition) is 0. The van der Waals surface area contributed by atoms with Crippen molar-refractivity contribution in [2.24, 2.45) is 22.7 Å². The van der Waals surface area contributed by atoms with Gasteiger partial charge in [0.25, 0.3) is 0 Å². The highest BCUT2D eigenvalue weighted by molar-refractivity contribution is 5.80. The molecule has 0 saturated heterocycles. The van der Waals surface area contributed by atoms with Gasteiger partial charge in [0, 0.05) is 6.21 Å². The van der Waals surface area contributed by atoms with Gasteiger partial charge in [0.2, 0.25) is 0 Å². The number of methoxy groups -OCH3 is 1. The van der Waals surface area contributed by atoms with Crippen LogP contribution in [-0.2, 0) is 0 Å². The molecule has 0 heterocycles. The van der Waals surface area contributed by atoms with Crippen molar-refractivity contribution in [3.8, 4) is 5.75 Å². The minimum absolute atomic E-state index is 0.286. The van der Waals surface area contributed by atoms with Crippen molar-refractivity contribution in [1.29, 1.82) is 0 Å². The highest BCUT2D eigenvalue weighted by Gasteiger charge is 2.50. The molecule has 2 nitrogen and oxygen atoms in total. The molecule has 4 aliphatic rings. The number of hydrogen-bond acceptors (Lipinski definition) is 2. The molecule has 0 aliphatic heterocycles. The van der Waals surface area contributed by atoms with Crippen LogP contribution in [0.4, 0.5) is 0 Å². The second kappa shape index (κ2) is 4.61. The van der Waals surface area contributed by atoms with E-state index in [1.807, 2.05) is 12.1 Å². The van der Waals surface area contributed by atoms with E-state index < -0.39 is 0 Å². The van der Waals surface area contributed by atoms with Crippen LogP contribution < -0.4 is 4.74 Å². The van der Waals surface area contributed by atoms with Crippen molar-refractivity contribution in [3.05, 3.63) is 29.8 Å². The minimum atomic E-state index is 0.286. The predicted molar refractivity (Wildman–Crippen MR) is 81.5 cm³/mol. The molecular weight excluding hydrogens is 246 g/mol. The summed E-state index contributed by atoms with van der Waals surface area (Å²) in [5.74, 6) is 3.81. The van der Waals surface area contributed by atoms with E-state index in [2.05, 4.69) is 18.3 Å². The van der Waals surface area contributed by atoms with E-state index in [4.69, 9.17) is 9.73 Å². The number of aliphatic imine (C=N–C) groups is 1. The summed E-state index contributed by atoms with van der Waals surface area (Å²) in [5.41, 5.74) is 1.48. The molecule has 0 N–H and O–H groups in total. The van der Waals surface area contributed by atoms with Gasteiger partial charge in [0.15, 0.2) is 0 Å². The van der Waals surface area contributed by atoms with Crippen LogP contribution in [-0.4, -0.2) is 18.9 Å². The summed E-state index contributed by atoms with van der Waals surface area (Å²) in [6, 6.07) is 8.23. The Hall–Kier alpha value is -1.31. The molecule has 0 radical (unpaired) electrons. The Bertz CT molecular complexity index is 481. The normalized spacial score (nSPS) is 38.5. The Labute approximate surface area is 121 Å². The molecule has 4 aliphatic carbocycles. The minimum Gasteiger partial charge on any atom is -0.497 e. The molecular formula is C18H23NO. The Morgan fingerprint density at radius 2 is 1.55 bits per heavy atom. The lowest BCUT2D eigenvalue weighted by molar-refractivity contribution is 0.00195. The van der Waals surface area contributed by atoms with Gasteiger partial charge in [-0.15, -0.1) is 0 Å². The Morgan fingerprint density at radius 3 is 2.05 bits per heavy atom. The van der Waals surface area contributed by atoms with Gasteiger partial charge in [-0.05, 0) is 86.1 Å². The van der Waals surface area contributed by atoms with E-state index in [1.54, 1.807) is 7.11 Å². The van der Waals surface area contributed by atoms with Gasteiger partial charge < -0.3 is 4.74 Å². The molecule has 106 valence electrons. The molecule has 5 rings (SSSR count). The Balaban J connectivity index is 1.54. The topological polar surface area (TPSA) is 21.6 Å². The zero-order valence-corrected chi connectivity index (χ0v) is 12.2. The first-order valence-electron chi connectivity index (χ1n) is 7.94. The van der Waals surface area contributed by atoms with Gasteiger partial charge >= 0.3 is 0 Å². The second-order valence-corrected chi connectivity index (χ2v) is 7.17. The van der Waals surface area contributed by atoms with Crippen molar-refractivity contribution in [3.63, 3.8) is 0 Å². The molecule has 1 aromatic rings. The van der Waals surface area contributed by atoms with Crippen LogP contribution in [0.25, 0.3) is 0 Å². The summed E-state index contributed by atoms with van der Waals surface area (Å²) in [4.78, 5) is 5.08. The summed E-state index contributed by atoms with van der Waals surface area (Å²) in [6.07, 6.45) is 10.6. The molecule has 4 bridgehead atoms. The second-order valence-electron chi connectivity index (χ2n) is 7.17. The SMILES string of the molecule is COc1ccc(/C=N/C23CC4CC(CC(C4)C2)C3)cc1. The van der Waals surface area contributed by atoms with Crippen LogP contribution in [0.15, 0.2) is 29.3 Å². The third-order valence-corrected chi connectivity index (χ3v) is 5.61. The van der Waals surface area contributed by atoms with E-state index in [-0.39, 0.29) is 5.54 Å². The quantitative estimate of drug-likeness (QED) is 0.758. The summed E-state index contributed by atoms with van der Waals surface area (Å²) >= 11 is 0. The summed E-state index contributed by atoms with van der Waals surface area (Å²) in [7, 11) is 1.71. The van der Waals surface area contributed by atoms with Gasteiger partial charge in [-0.2, -0.15) is 0 Å². The average Bonchev–Trinajstić information content (AvgIpc) is 2.44. The van der Waals surface area contributed by atoms with E-state index in [1.165, 1.54) is 44.1 Å². The standard InChI is InChI=1S/C18H23NO/c1-20-17-4-2-13(3-5-17)12-19-18-9-14-6-15(10-18)8-16(7-14)11-18/h2-5,12,14-16H,6-11H2,1H3/b19-12+. The van der Waals surface area contributed by atoms with Crippen LogP contribution in [0, 0.1) is 17.8 Å². The van der Waals surface area contributed by atoms with Crippen LogP contribution >= 0.6 is 0 Å². The molecule has 20 heavy (non-hydrogen) atoms. The van der Waals surface area contributed by atoms with Crippen LogP contribution in [0.3, 0.4) is 0 Å². The molecule has 1 aromatic carbocycles. The van der Waals surface area contributed by atoms with Gasteiger partial charge in [0.1, 0.15) is 5.75 Å². The van der Waals surface area contributed by atoms with Gasteiger partial charge in [-0.25, -0.2) is 0 Å². The highest BCUT2D eigenvalue weighted by Crippen LogP contribution is 2.57. The summed E-state index contributed by atoms with van der Waals surface area (Å²) < 4.78 is 5.20. The van der Waals surface area contributed by atoms with E-state index in [9.17, 15) is 0 Å². The fraction of sp³-hybridized carbons (Fsp3) is 0.611. The molecule has 0 aromatic heterocycles. The Kier molecular flexibility index (Phi) is 2.87. The summed E-state index contributed by atoms with van der Waals surface area (Å²) in [5, 5.41) is 0. The number of benzene rings is 1. The molecule has 2 heteroatoms. The first kappa shape index (κ1) is 12.4. The number of ether oxygens (including phenoxy) is 1. The van der Waals surface area contributed by atoms with E-state index >= 15 is 0 Å². The third-order valence-electron chi connectivity index (χ3n) is 5.61. The molecule has 4 fully saturated rings. The molecule has 0 spiro atoms. The van der Waals surface area contributed by atoms with Crippen molar-refractivity contribution in [1.82, 2.24) is 0 Å². The van der Waals surface area contributed by atoms with Gasteiger partial charge in [-0.1, -0.05) is 0 Å². The first-order valence-corrected chi connectivity index (χ1v) is 7.94. The molecule has 0 amide bonds. The molecule has 0 unspecified atom stereocenters. The van der Waals surface area contributed by atoms with Crippen molar-refractivity contribution >= 4 is 6.21 Å². The fourth-order valence-electron chi connectivity index (χ4n) is 5.12. The van der Waals surface area contributed by atoms with Crippen LogP contribution in [0.2, 0.25) is 0 Å². The maximum atomic E-state index is 5.20. The zero-order valence-electron chi connectivity index (χ0n) is 12.2. The maximum Gasteiger partial charge on any atom is 0.118 e. The van der Waals surface area contributed by atoms with Gasteiger partial charge in [0.05, 0.1) is 12.6 Å². The lowest BCUT2D eigenvalue weighted by Gasteiger charge is -2.54. The van der Waals surface area contributed by atoms with Crippen molar-refractivity contribution < 1.29 is 4.74 Å². The maximum absolute atomic E-state index is 5.20. The van der Waals surface area contributed by atoms with Gasteiger partial charge in [-0.3, -0.25) is 4.99 Å². The number of rotatable bonds is 3. The third kappa shape index (κ3) is 2.15.